The van der Waals surface area contributed by atoms with E-state index in [1.165, 1.54) is 59.0 Å². The zero-order chi connectivity index (χ0) is 20.1. The predicted molar refractivity (Wildman–Crippen MR) is 107 cm³/mol. The number of hydrogen-bond acceptors (Lipinski definition) is 4. The summed E-state index contributed by atoms with van der Waals surface area (Å²) in [5.74, 6) is 3.42. The van der Waals surface area contributed by atoms with E-state index < -0.39 is 0 Å². The van der Waals surface area contributed by atoms with Crippen LogP contribution in [0.5, 0.6) is 0 Å². The van der Waals surface area contributed by atoms with Crippen LogP contribution in [0.1, 0.15) is 85.0 Å². The minimum Gasteiger partial charge on any atom is -0.469 e. The van der Waals surface area contributed by atoms with Crippen LogP contribution in [0.2, 0.25) is 0 Å². The number of rotatable bonds is 3. The zero-order valence-corrected chi connectivity index (χ0v) is 18.2. The number of carbonyl (C=O) groups excluding carboxylic acids is 2. The van der Waals surface area contributed by atoms with Crippen LogP contribution in [-0.4, -0.2) is 25.2 Å². The van der Waals surface area contributed by atoms with Gasteiger partial charge < -0.3 is 9.47 Å². The molecule has 4 nitrogen and oxygen atoms in total. The lowest BCUT2D eigenvalue weighted by atomic mass is 9.44. The number of methoxy groups -OCH3 is 1. The molecule has 0 bridgehead atoms. The summed E-state index contributed by atoms with van der Waals surface area (Å²) in [4.78, 5) is 23.4. The van der Waals surface area contributed by atoms with Crippen molar-refractivity contribution in [2.75, 3.05) is 7.11 Å². The van der Waals surface area contributed by atoms with Gasteiger partial charge in [0.15, 0.2) is 0 Å². The molecular weight excluding hydrogens is 352 g/mol. The third kappa shape index (κ3) is 3.19. The van der Waals surface area contributed by atoms with Gasteiger partial charge in [0, 0.05) is 13.3 Å². The van der Waals surface area contributed by atoms with E-state index in [2.05, 4.69) is 13.8 Å². The Morgan fingerprint density at radius 2 is 1.64 bits per heavy atom. The highest BCUT2D eigenvalue weighted by Crippen LogP contribution is 2.67. The van der Waals surface area contributed by atoms with Crippen LogP contribution in [0.3, 0.4) is 0 Å². The number of esters is 2. The van der Waals surface area contributed by atoms with Gasteiger partial charge in [0.05, 0.1) is 7.11 Å². The molecule has 158 valence electrons. The second-order valence-electron chi connectivity index (χ2n) is 10.8. The van der Waals surface area contributed by atoms with Crippen molar-refractivity contribution in [1.82, 2.24) is 0 Å². The molecular formula is C24H38O4. The molecule has 0 aromatic carbocycles. The average molecular weight is 391 g/mol. The maximum Gasteiger partial charge on any atom is 0.305 e. The molecule has 0 spiro atoms. The largest absolute Gasteiger partial charge is 0.469 e. The van der Waals surface area contributed by atoms with Crippen LogP contribution in [0, 0.1) is 40.4 Å². The first-order valence-corrected chi connectivity index (χ1v) is 11.5. The number of hydrogen-bond donors (Lipinski definition) is 0. The normalized spacial score (nSPS) is 47.4. The Morgan fingerprint density at radius 1 is 0.929 bits per heavy atom. The van der Waals surface area contributed by atoms with Crippen molar-refractivity contribution >= 4 is 11.9 Å². The summed E-state index contributed by atoms with van der Waals surface area (Å²) in [6, 6.07) is 0. The lowest BCUT2D eigenvalue weighted by Crippen LogP contribution is -2.54. The first kappa shape index (κ1) is 20.2. The molecule has 4 fully saturated rings. The predicted octanol–water partition coefficient (Wildman–Crippen LogP) is 5.14. The molecule has 4 aliphatic carbocycles. The Kier molecular flexibility index (Phi) is 5.29. The van der Waals surface area contributed by atoms with Gasteiger partial charge in [0.2, 0.25) is 0 Å². The summed E-state index contributed by atoms with van der Waals surface area (Å²) in [5.41, 5.74) is 0.717. The Labute approximate surface area is 170 Å². The summed E-state index contributed by atoms with van der Waals surface area (Å²) < 4.78 is 10.6. The van der Waals surface area contributed by atoms with Crippen LogP contribution in [-0.2, 0) is 19.1 Å². The van der Waals surface area contributed by atoms with E-state index in [4.69, 9.17) is 9.47 Å². The fourth-order valence-corrected chi connectivity index (χ4v) is 8.29. The molecule has 4 aliphatic rings. The smallest absolute Gasteiger partial charge is 0.305 e. The van der Waals surface area contributed by atoms with E-state index in [1.54, 1.807) is 0 Å². The van der Waals surface area contributed by atoms with Gasteiger partial charge >= 0.3 is 11.9 Å². The Balaban J connectivity index is 1.49. The SMILES string of the molecule is COC(=O)CC1CCC2C3CCC4CC(OC(C)=O)CCC4(C)C3CCC12C. The average Bonchev–Trinajstić information content (AvgIpc) is 2.98. The molecule has 0 aromatic rings. The fourth-order valence-electron chi connectivity index (χ4n) is 8.29. The van der Waals surface area contributed by atoms with Gasteiger partial charge in [0.25, 0.3) is 0 Å². The molecule has 0 aliphatic heterocycles. The summed E-state index contributed by atoms with van der Waals surface area (Å²) in [6.07, 6.45) is 11.7. The molecule has 4 heteroatoms. The highest BCUT2D eigenvalue weighted by molar-refractivity contribution is 5.69. The van der Waals surface area contributed by atoms with Crippen LogP contribution in [0.25, 0.3) is 0 Å². The van der Waals surface area contributed by atoms with E-state index in [0.29, 0.717) is 29.1 Å². The number of ether oxygens (including phenoxy) is 2. The quantitative estimate of drug-likeness (QED) is 0.626. The minimum absolute atomic E-state index is 0.0338. The Hall–Kier alpha value is -1.06. The van der Waals surface area contributed by atoms with E-state index in [1.807, 2.05) is 0 Å². The van der Waals surface area contributed by atoms with Crippen LogP contribution in [0.4, 0.5) is 0 Å². The summed E-state index contributed by atoms with van der Waals surface area (Å²) in [6.45, 7) is 6.56. The van der Waals surface area contributed by atoms with Crippen LogP contribution in [0.15, 0.2) is 0 Å². The zero-order valence-electron chi connectivity index (χ0n) is 18.2. The van der Waals surface area contributed by atoms with Crippen molar-refractivity contribution in [2.24, 2.45) is 40.4 Å². The van der Waals surface area contributed by atoms with Crippen molar-refractivity contribution in [2.45, 2.75) is 91.1 Å². The molecule has 4 rings (SSSR count). The first-order chi connectivity index (χ1) is 13.3. The minimum atomic E-state index is -0.127. The van der Waals surface area contributed by atoms with Crippen molar-refractivity contribution in [3.05, 3.63) is 0 Å². The molecule has 8 atom stereocenters. The first-order valence-electron chi connectivity index (χ1n) is 11.5. The molecule has 0 radical (unpaired) electrons. The van der Waals surface area contributed by atoms with Gasteiger partial charge in [-0.1, -0.05) is 13.8 Å². The summed E-state index contributed by atoms with van der Waals surface area (Å²) in [5, 5.41) is 0. The molecule has 4 saturated carbocycles. The van der Waals surface area contributed by atoms with Crippen molar-refractivity contribution in [1.29, 1.82) is 0 Å². The van der Waals surface area contributed by atoms with Crippen molar-refractivity contribution in [3.63, 3.8) is 0 Å². The third-order valence-corrected chi connectivity index (χ3v) is 9.79. The summed E-state index contributed by atoms with van der Waals surface area (Å²) >= 11 is 0. The van der Waals surface area contributed by atoms with E-state index >= 15 is 0 Å². The van der Waals surface area contributed by atoms with Crippen molar-refractivity contribution < 1.29 is 19.1 Å². The van der Waals surface area contributed by atoms with E-state index in [9.17, 15) is 9.59 Å². The second-order valence-corrected chi connectivity index (χ2v) is 10.8. The third-order valence-electron chi connectivity index (χ3n) is 9.79. The van der Waals surface area contributed by atoms with Gasteiger partial charge in [-0.25, -0.2) is 0 Å². The molecule has 0 heterocycles. The summed E-state index contributed by atoms with van der Waals surface area (Å²) in [7, 11) is 1.52. The maximum atomic E-state index is 12.0. The van der Waals surface area contributed by atoms with E-state index in [0.717, 1.165) is 30.6 Å². The van der Waals surface area contributed by atoms with Crippen LogP contribution >= 0.6 is 0 Å². The number of fused-ring (bicyclic) bond motifs is 5. The van der Waals surface area contributed by atoms with E-state index in [-0.39, 0.29) is 18.0 Å². The standard InChI is InChI=1S/C24H38O4/c1-15(25)28-18-9-11-23(2)16(13-18)5-7-19-20-8-6-17(14-22(26)27-4)24(20,3)12-10-21(19)23/h16-21H,5-14H2,1-4H3. The maximum absolute atomic E-state index is 12.0. The lowest BCUT2D eigenvalue weighted by molar-refractivity contribution is -0.160. The Morgan fingerprint density at radius 3 is 2.36 bits per heavy atom. The van der Waals surface area contributed by atoms with Gasteiger partial charge in [0.1, 0.15) is 6.10 Å². The molecule has 0 amide bonds. The van der Waals surface area contributed by atoms with Gasteiger partial charge in [-0.2, -0.15) is 0 Å². The topological polar surface area (TPSA) is 52.6 Å². The highest BCUT2D eigenvalue weighted by Gasteiger charge is 2.60. The molecule has 0 saturated heterocycles. The number of carbonyl (C=O) groups is 2. The van der Waals surface area contributed by atoms with Gasteiger partial charge in [-0.05, 0) is 98.2 Å². The fraction of sp³-hybridized carbons (Fsp3) is 0.917. The lowest BCUT2D eigenvalue weighted by Gasteiger charge is -2.61. The molecule has 8 unspecified atom stereocenters. The Bertz CT molecular complexity index is 630. The second kappa shape index (κ2) is 7.32. The molecule has 28 heavy (non-hydrogen) atoms. The van der Waals surface area contributed by atoms with Gasteiger partial charge in [-0.15, -0.1) is 0 Å². The van der Waals surface area contributed by atoms with Gasteiger partial charge in [-0.3, -0.25) is 9.59 Å². The molecule has 0 N–H and O–H groups in total. The molecule has 0 aromatic heterocycles. The van der Waals surface area contributed by atoms with Crippen LogP contribution < -0.4 is 0 Å². The monoisotopic (exact) mass is 390 g/mol. The van der Waals surface area contributed by atoms with Crippen molar-refractivity contribution in [3.8, 4) is 0 Å². The highest BCUT2D eigenvalue weighted by atomic mass is 16.5.